The maximum absolute atomic E-state index is 12.7. The Morgan fingerprint density at radius 1 is 1.04 bits per heavy atom. The summed E-state index contributed by atoms with van der Waals surface area (Å²) in [6, 6.07) is 17.7. The Hall–Kier alpha value is -2.80. The molecular weight excluding hydrogens is 336 g/mol. The number of carbonyl (C=O) groups is 1. The van der Waals surface area contributed by atoms with Crippen molar-refractivity contribution in [2.45, 2.75) is 51.2 Å². The van der Waals surface area contributed by atoms with E-state index in [0.717, 1.165) is 24.0 Å². The van der Waals surface area contributed by atoms with E-state index in [4.69, 9.17) is 10.00 Å². The highest BCUT2D eigenvalue weighted by Crippen LogP contribution is 2.25. The molecule has 1 amide bonds. The molecule has 0 N–H and O–H groups in total. The van der Waals surface area contributed by atoms with E-state index >= 15 is 0 Å². The smallest absolute Gasteiger partial charge is 0.263 e. The number of ether oxygens (including phenoxy) is 1. The second-order valence-corrected chi connectivity index (χ2v) is 7.21. The molecule has 2 aromatic carbocycles. The Morgan fingerprint density at radius 2 is 1.59 bits per heavy atom. The second kappa shape index (κ2) is 8.73. The molecule has 1 saturated carbocycles. The van der Waals surface area contributed by atoms with Crippen LogP contribution in [0.15, 0.2) is 48.5 Å². The summed E-state index contributed by atoms with van der Waals surface area (Å²) in [6.45, 7) is 1.82. The summed E-state index contributed by atoms with van der Waals surface area (Å²) in [5, 5.41) is 8.89. The van der Waals surface area contributed by atoms with Gasteiger partial charge in [0.2, 0.25) is 0 Å². The molecule has 27 heavy (non-hydrogen) atoms. The van der Waals surface area contributed by atoms with Crippen LogP contribution >= 0.6 is 0 Å². The van der Waals surface area contributed by atoms with E-state index in [2.05, 4.69) is 6.07 Å². The normalized spacial score (nSPS) is 15.6. The van der Waals surface area contributed by atoms with Crippen molar-refractivity contribution in [3.8, 4) is 22.9 Å². The van der Waals surface area contributed by atoms with Gasteiger partial charge >= 0.3 is 0 Å². The van der Waals surface area contributed by atoms with Crippen molar-refractivity contribution in [3.63, 3.8) is 0 Å². The lowest BCUT2D eigenvalue weighted by Gasteiger charge is -2.32. The van der Waals surface area contributed by atoms with Crippen LogP contribution in [0.2, 0.25) is 0 Å². The van der Waals surface area contributed by atoms with E-state index in [9.17, 15) is 4.79 Å². The molecule has 1 atom stereocenters. The minimum Gasteiger partial charge on any atom is -0.481 e. The maximum atomic E-state index is 12.7. The van der Waals surface area contributed by atoms with Crippen LogP contribution in [0.5, 0.6) is 5.75 Å². The van der Waals surface area contributed by atoms with Gasteiger partial charge in [-0.15, -0.1) is 0 Å². The van der Waals surface area contributed by atoms with E-state index in [1.165, 1.54) is 19.3 Å². The minimum atomic E-state index is -0.502. The molecule has 4 nitrogen and oxygen atoms in total. The van der Waals surface area contributed by atoms with E-state index in [-0.39, 0.29) is 5.91 Å². The quantitative estimate of drug-likeness (QED) is 0.769. The van der Waals surface area contributed by atoms with Gasteiger partial charge in [-0.2, -0.15) is 5.26 Å². The fourth-order valence-electron chi connectivity index (χ4n) is 3.65. The third-order valence-electron chi connectivity index (χ3n) is 5.33. The molecule has 1 fully saturated rings. The van der Waals surface area contributed by atoms with E-state index < -0.39 is 6.10 Å². The summed E-state index contributed by atoms with van der Waals surface area (Å²) in [5.74, 6) is 0.725. The topological polar surface area (TPSA) is 53.3 Å². The summed E-state index contributed by atoms with van der Waals surface area (Å²) in [5.41, 5.74) is 2.74. The van der Waals surface area contributed by atoms with Crippen LogP contribution < -0.4 is 4.74 Å². The van der Waals surface area contributed by atoms with Crippen molar-refractivity contribution in [3.05, 3.63) is 54.1 Å². The Labute approximate surface area is 161 Å². The first-order valence-corrected chi connectivity index (χ1v) is 9.62. The van der Waals surface area contributed by atoms with Gasteiger partial charge in [0.05, 0.1) is 11.6 Å². The lowest BCUT2D eigenvalue weighted by atomic mass is 9.94. The molecule has 3 rings (SSSR count). The van der Waals surface area contributed by atoms with Gasteiger partial charge in [-0.25, -0.2) is 0 Å². The van der Waals surface area contributed by atoms with Crippen molar-refractivity contribution in [1.82, 2.24) is 4.90 Å². The van der Waals surface area contributed by atoms with Crippen LogP contribution in [-0.4, -0.2) is 30.0 Å². The molecule has 0 radical (unpaired) electrons. The first-order chi connectivity index (χ1) is 13.1. The molecule has 1 aliphatic rings. The van der Waals surface area contributed by atoms with Gasteiger partial charge in [0, 0.05) is 13.1 Å². The molecule has 0 saturated heterocycles. The molecule has 0 heterocycles. The number of likely N-dealkylation sites (N-methyl/N-ethyl adjacent to an activating group) is 1. The highest BCUT2D eigenvalue weighted by atomic mass is 16.5. The van der Waals surface area contributed by atoms with Crippen LogP contribution in [0, 0.1) is 11.3 Å². The third kappa shape index (κ3) is 4.68. The standard InChI is InChI=1S/C23H26N2O2/c1-17(23(26)25(2)21-6-4-3-5-7-21)27-22-14-12-20(13-15-22)19-10-8-18(16-24)9-11-19/h8-15,17,21H,3-7H2,1-2H3/t17-/m0/s1. The zero-order valence-corrected chi connectivity index (χ0v) is 16.0. The molecule has 0 spiro atoms. The zero-order chi connectivity index (χ0) is 19.2. The summed E-state index contributed by atoms with van der Waals surface area (Å²) >= 11 is 0. The molecule has 0 aromatic heterocycles. The Kier molecular flexibility index (Phi) is 6.13. The summed E-state index contributed by atoms with van der Waals surface area (Å²) in [6.07, 6.45) is 5.36. The number of rotatable bonds is 5. The average molecular weight is 362 g/mol. The van der Waals surface area contributed by atoms with Gasteiger partial charge in [-0.3, -0.25) is 4.79 Å². The number of nitriles is 1. The molecule has 0 aliphatic heterocycles. The minimum absolute atomic E-state index is 0.0399. The highest BCUT2D eigenvalue weighted by Gasteiger charge is 2.26. The van der Waals surface area contributed by atoms with Crippen LogP contribution in [0.1, 0.15) is 44.6 Å². The second-order valence-electron chi connectivity index (χ2n) is 7.21. The number of amides is 1. The van der Waals surface area contributed by atoms with Crippen molar-refractivity contribution in [2.24, 2.45) is 0 Å². The molecule has 0 unspecified atom stereocenters. The summed E-state index contributed by atoms with van der Waals surface area (Å²) in [7, 11) is 1.90. The number of hydrogen-bond donors (Lipinski definition) is 0. The summed E-state index contributed by atoms with van der Waals surface area (Å²) in [4.78, 5) is 14.5. The van der Waals surface area contributed by atoms with E-state index in [1.54, 1.807) is 0 Å². The number of nitrogens with zero attached hydrogens (tertiary/aromatic N) is 2. The summed E-state index contributed by atoms with van der Waals surface area (Å²) < 4.78 is 5.88. The third-order valence-corrected chi connectivity index (χ3v) is 5.33. The van der Waals surface area contributed by atoms with Crippen molar-refractivity contribution >= 4 is 5.91 Å². The van der Waals surface area contributed by atoms with Crippen molar-refractivity contribution in [2.75, 3.05) is 7.05 Å². The van der Waals surface area contributed by atoms with Gasteiger partial charge in [0.15, 0.2) is 6.10 Å². The van der Waals surface area contributed by atoms with Gasteiger partial charge in [0.25, 0.3) is 5.91 Å². The molecule has 2 aromatic rings. The van der Waals surface area contributed by atoms with Gasteiger partial charge < -0.3 is 9.64 Å². The SMILES string of the molecule is C[C@H](Oc1ccc(-c2ccc(C#N)cc2)cc1)C(=O)N(C)C1CCCCC1. The van der Waals surface area contributed by atoms with E-state index in [1.807, 2.05) is 67.4 Å². The van der Waals surface area contributed by atoms with Crippen LogP contribution in [0.25, 0.3) is 11.1 Å². The number of carbonyl (C=O) groups excluding carboxylic acids is 1. The average Bonchev–Trinajstić information content (AvgIpc) is 2.74. The molecule has 4 heteroatoms. The Balaban J connectivity index is 1.61. The van der Waals surface area contributed by atoms with Gasteiger partial charge in [-0.1, -0.05) is 43.5 Å². The fourth-order valence-corrected chi connectivity index (χ4v) is 3.65. The maximum Gasteiger partial charge on any atom is 0.263 e. The fraction of sp³-hybridized carbons (Fsp3) is 0.391. The van der Waals surface area contributed by atoms with E-state index in [0.29, 0.717) is 17.4 Å². The molecule has 0 bridgehead atoms. The first kappa shape index (κ1) is 19.0. The predicted octanol–water partition coefficient (Wildman–Crippen LogP) is 4.78. The Bertz CT molecular complexity index is 800. The molecular formula is C23H26N2O2. The first-order valence-electron chi connectivity index (χ1n) is 9.62. The number of benzene rings is 2. The predicted molar refractivity (Wildman–Crippen MR) is 106 cm³/mol. The highest BCUT2D eigenvalue weighted by molar-refractivity contribution is 5.81. The molecule has 140 valence electrons. The van der Waals surface area contributed by atoms with Crippen molar-refractivity contribution < 1.29 is 9.53 Å². The van der Waals surface area contributed by atoms with Gasteiger partial charge in [-0.05, 0) is 55.2 Å². The lowest BCUT2D eigenvalue weighted by Crippen LogP contribution is -2.44. The van der Waals surface area contributed by atoms with Crippen LogP contribution in [0.3, 0.4) is 0 Å². The number of hydrogen-bond acceptors (Lipinski definition) is 3. The monoisotopic (exact) mass is 362 g/mol. The van der Waals surface area contributed by atoms with Crippen LogP contribution in [0.4, 0.5) is 0 Å². The Morgan fingerprint density at radius 3 is 2.15 bits per heavy atom. The molecule has 1 aliphatic carbocycles. The van der Waals surface area contributed by atoms with Crippen LogP contribution in [-0.2, 0) is 4.79 Å². The van der Waals surface area contributed by atoms with Crippen molar-refractivity contribution in [1.29, 1.82) is 5.26 Å². The van der Waals surface area contributed by atoms with Gasteiger partial charge in [0.1, 0.15) is 5.75 Å². The largest absolute Gasteiger partial charge is 0.481 e. The lowest BCUT2D eigenvalue weighted by molar-refractivity contribution is -0.139. The zero-order valence-electron chi connectivity index (χ0n) is 16.0.